The lowest BCUT2D eigenvalue weighted by Gasteiger charge is -2.51. The zero-order chi connectivity index (χ0) is 96.3. The summed E-state index contributed by atoms with van der Waals surface area (Å²) >= 11 is 0. The van der Waals surface area contributed by atoms with E-state index in [1.54, 1.807) is 55.4 Å². The third-order valence-electron chi connectivity index (χ3n) is 31.8. The maximum absolute atomic E-state index is 15.4. The van der Waals surface area contributed by atoms with Crippen LogP contribution < -0.4 is 0 Å². The maximum Gasteiger partial charge on any atom is 0.118 e. The second kappa shape index (κ2) is 60.2. The molecule has 2 aliphatic carbocycles. The molecule has 0 radical (unpaired) electrons. The monoisotopic (exact) mass is 1710 g/mol. The Morgan fingerprint density at radius 2 is 0.449 bits per heavy atom. The molecule has 0 nitrogen and oxygen atoms in total. The van der Waals surface area contributed by atoms with Crippen LogP contribution in [0.5, 0.6) is 0 Å². The van der Waals surface area contributed by atoms with Crippen molar-refractivity contribution in [3.8, 4) is 0 Å². The van der Waals surface area contributed by atoms with Crippen LogP contribution in [0.2, 0.25) is 0 Å². The second-order valence-corrected chi connectivity index (χ2v) is 44.6. The Balaban J connectivity index is -0.000000191. The molecular weight excluding hydrogens is 1490 g/mol. The Kier molecular flexibility index (Phi) is 67.7. The van der Waals surface area contributed by atoms with Gasteiger partial charge in [0.15, 0.2) is 0 Å². The lowest BCUT2D eigenvalue weighted by atomic mass is 9.57. The molecule has 2 rings (SSSR count). The smallest absolute Gasteiger partial charge is 0.118 e. The fraction of sp³-hybridized carbons (Fsp3) is 1.00. The Hall–Kier alpha value is -0.700. The molecule has 4 atom stereocenters. The van der Waals surface area contributed by atoms with Gasteiger partial charge in [-0.05, 0) is 258 Å². The Bertz CT molecular complexity index is 2200. The van der Waals surface area contributed by atoms with Gasteiger partial charge in [-0.2, -0.15) is 0 Å². The number of hydrogen-bond acceptors (Lipinski definition) is 0. The Morgan fingerprint density at radius 1 is 0.246 bits per heavy atom. The number of hydrogen-bond donors (Lipinski definition) is 0. The lowest BCUT2D eigenvalue weighted by molar-refractivity contribution is -0.0946. The van der Waals surface area contributed by atoms with Gasteiger partial charge in [-0.25, -0.2) is 43.9 Å². The first-order valence-electron chi connectivity index (χ1n) is 49.8. The molecule has 0 aromatic heterocycles. The molecule has 0 aliphatic heterocycles. The molecule has 0 heterocycles. The van der Waals surface area contributed by atoms with E-state index in [-0.39, 0.29) is 87.3 Å². The molecule has 118 heavy (non-hydrogen) atoms. The molecule has 0 spiro atoms. The van der Waals surface area contributed by atoms with Gasteiger partial charge in [-0.1, -0.05) is 368 Å². The second-order valence-electron chi connectivity index (χ2n) is 44.6. The predicted molar refractivity (Wildman–Crippen MR) is 517 cm³/mol. The van der Waals surface area contributed by atoms with E-state index in [1.807, 2.05) is 90.0 Å². The van der Waals surface area contributed by atoms with Gasteiger partial charge in [0.1, 0.15) is 56.7 Å². The normalized spacial score (nSPS) is 17.1. The van der Waals surface area contributed by atoms with Crippen molar-refractivity contribution in [3.63, 3.8) is 0 Å². The summed E-state index contributed by atoms with van der Waals surface area (Å²) in [6, 6.07) is 0. The molecule has 2 fully saturated rings. The average Bonchev–Trinajstić information content (AvgIpc) is 0.795. The summed E-state index contributed by atoms with van der Waals surface area (Å²) < 4.78 is 141. The summed E-state index contributed by atoms with van der Waals surface area (Å²) in [6.07, 6.45) is 21.5. The van der Waals surface area contributed by atoms with Gasteiger partial charge in [0.05, 0.1) is 0 Å². The van der Waals surface area contributed by atoms with Crippen LogP contribution in [0.15, 0.2) is 0 Å². The van der Waals surface area contributed by atoms with Gasteiger partial charge in [-0.3, -0.25) is 0 Å². The van der Waals surface area contributed by atoms with Crippen molar-refractivity contribution in [1.82, 2.24) is 0 Å². The van der Waals surface area contributed by atoms with Crippen LogP contribution in [0.1, 0.15) is 508 Å². The molecule has 724 valence electrons. The number of alkyl halides is 10. The van der Waals surface area contributed by atoms with Crippen molar-refractivity contribution in [2.24, 2.45) is 135 Å². The molecule has 0 aromatic rings. The van der Waals surface area contributed by atoms with Gasteiger partial charge in [0.25, 0.3) is 0 Å². The third-order valence-corrected chi connectivity index (χ3v) is 31.8. The van der Waals surface area contributed by atoms with Crippen LogP contribution in [0, 0.1) is 135 Å². The van der Waals surface area contributed by atoms with Gasteiger partial charge in [0, 0.05) is 16.2 Å². The molecule has 0 saturated heterocycles. The Morgan fingerprint density at radius 3 is 0.576 bits per heavy atom. The minimum atomic E-state index is -1.09. The molecular formula is C108H222F10. The summed E-state index contributed by atoms with van der Waals surface area (Å²) in [4.78, 5) is 0. The van der Waals surface area contributed by atoms with E-state index in [9.17, 15) is 35.1 Å². The van der Waals surface area contributed by atoms with E-state index < -0.39 is 56.7 Å². The van der Waals surface area contributed by atoms with Crippen LogP contribution >= 0.6 is 0 Å². The summed E-state index contributed by atoms with van der Waals surface area (Å²) in [5.74, 6) is 5.15. The average molecular weight is 1710 g/mol. The molecule has 0 aromatic carbocycles. The van der Waals surface area contributed by atoms with Crippen molar-refractivity contribution < 1.29 is 43.9 Å². The first kappa shape index (κ1) is 133. The van der Waals surface area contributed by atoms with Crippen LogP contribution in [-0.2, 0) is 0 Å². The molecule has 0 unspecified atom stereocenters. The molecule has 0 bridgehead atoms. The highest BCUT2D eigenvalue weighted by atomic mass is 19.2. The van der Waals surface area contributed by atoms with Crippen molar-refractivity contribution in [3.05, 3.63) is 0 Å². The highest BCUT2D eigenvalue weighted by Crippen LogP contribution is 2.55. The van der Waals surface area contributed by atoms with Crippen LogP contribution in [0.25, 0.3) is 0 Å². The van der Waals surface area contributed by atoms with Gasteiger partial charge in [-0.15, -0.1) is 0 Å². The minimum absolute atomic E-state index is 0.0994. The first-order chi connectivity index (χ1) is 52.9. The SMILES string of the molecule is CC(C)C(C(C)C)C(C)(F)C(C(C)C)C(C)C.CC(C)C(C(C)C)[C@@](C)(F)C(C)C.CC(C)C(C)(F)C(C)C.CC1(F)CCCC1.CC1(F)CCCCC1.CCC(C)(CC)C(C)(F)C(C)(CC)CC.CCC(C)(CC)[C@@](C)(F)C(C)C.CCC(CC)C(C)(F)C(CC)CC.CCC(CC)[C@@](C)(F)C(C)C.CCC[C@](C)(F)C(C(C)C)C(C)C. The minimum Gasteiger partial charge on any atom is -0.244 e. The quantitative estimate of drug-likeness (QED) is 0.0544. The number of rotatable bonds is 37. The van der Waals surface area contributed by atoms with Crippen LogP contribution in [0.4, 0.5) is 43.9 Å². The van der Waals surface area contributed by atoms with Crippen molar-refractivity contribution in [2.75, 3.05) is 0 Å². The van der Waals surface area contributed by atoms with Crippen molar-refractivity contribution >= 4 is 0 Å². The highest BCUT2D eigenvalue weighted by Gasteiger charge is 2.54. The summed E-state index contributed by atoms with van der Waals surface area (Å²) in [6.45, 7) is 104. The van der Waals surface area contributed by atoms with Crippen molar-refractivity contribution in [1.29, 1.82) is 0 Å². The van der Waals surface area contributed by atoms with Gasteiger partial charge in [0.2, 0.25) is 0 Å². The summed E-state index contributed by atoms with van der Waals surface area (Å²) in [5.41, 5.74) is -10.4. The molecule has 0 N–H and O–H groups in total. The summed E-state index contributed by atoms with van der Waals surface area (Å²) in [5, 5.41) is 0. The molecule has 0 amide bonds. The maximum atomic E-state index is 15.4. The molecule has 2 aliphatic rings. The topological polar surface area (TPSA) is 0 Å². The zero-order valence-corrected chi connectivity index (χ0v) is 90.1. The fourth-order valence-corrected chi connectivity index (χ4v) is 21.0. The van der Waals surface area contributed by atoms with E-state index in [2.05, 4.69) is 215 Å². The van der Waals surface area contributed by atoms with Gasteiger partial charge >= 0.3 is 0 Å². The van der Waals surface area contributed by atoms with Gasteiger partial charge < -0.3 is 0 Å². The van der Waals surface area contributed by atoms with E-state index in [0.29, 0.717) is 53.8 Å². The first-order valence-corrected chi connectivity index (χ1v) is 49.8. The standard InChI is InChI=1S/C16H33F.C14H29F.3C12H25F.C11H23F.C10H21F.C8H17F.C7H13F.C6H11F/c1-10(2)14(11(3)4)16(9,17)15(12(5)6)13(7)8;1-8-12(5,9-2)14(7,15)13(6,10-3)11-4;1-8(2)11(9(3)4)12(7,13)10(5)6;1-7-8-12(6,13)11(9(2)3)10(4)5;1-6-10(7-2)12(5,13)11(8-3)9-4;1-7-10(5,8-2)11(6,12)9(3)4;1-6-9(7-2)10(5,11)8(3)4;1-6(2)8(5,9)7(3)4;1-7(8)5-3-2-4-6-7;1-6(7)4-2-3-5-6/h10-15H,1-9H3;8-11H2,1-7H3;8-11H,1-7H3;9-11H,7-8H2,1-6H3;10-11H,6-9H2,1-5H3;9H,7-8H2,1-6H3;8-9H,6-7H2,1-5H3;6-7H,1-5H3;2-6H2,1H3;2-5H2,1H3/t;;2*12-;;11-;10-;;;/m..00.00.../s1. The highest BCUT2D eigenvalue weighted by molar-refractivity contribution is 5.03. The van der Waals surface area contributed by atoms with E-state index in [0.717, 1.165) is 135 Å². The molecule has 10 heteroatoms. The van der Waals surface area contributed by atoms with E-state index in [4.69, 9.17) is 0 Å². The molecule has 2 saturated carbocycles. The fourth-order valence-electron chi connectivity index (χ4n) is 21.0. The third kappa shape index (κ3) is 44.8. The van der Waals surface area contributed by atoms with E-state index >= 15 is 8.78 Å². The summed E-state index contributed by atoms with van der Waals surface area (Å²) in [7, 11) is 0. The lowest BCUT2D eigenvalue weighted by Crippen LogP contribution is -2.51. The zero-order valence-electron chi connectivity index (χ0n) is 90.1. The predicted octanol–water partition coefficient (Wildman–Crippen LogP) is 40.3. The largest absolute Gasteiger partial charge is 0.244 e. The van der Waals surface area contributed by atoms with E-state index in [1.165, 1.54) is 6.42 Å². The Labute approximate surface area is 738 Å². The van der Waals surface area contributed by atoms with Crippen LogP contribution in [0.3, 0.4) is 0 Å². The van der Waals surface area contributed by atoms with Crippen molar-refractivity contribution in [2.45, 2.75) is 564 Å². The number of halogens is 10. The van der Waals surface area contributed by atoms with Crippen LogP contribution in [-0.4, -0.2) is 56.7 Å².